The molecule has 0 spiro atoms. The predicted molar refractivity (Wildman–Crippen MR) is 58.1 cm³/mol. The van der Waals surface area contributed by atoms with Gasteiger partial charge in [-0.3, -0.25) is 4.52 Å². The lowest BCUT2D eigenvalue weighted by Crippen LogP contribution is -2.62. The van der Waals surface area contributed by atoms with E-state index < -0.39 is 57.0 Å². The van der Waals surface area contributed by atoms with Crippen molar-refractivity contribution in [1.29, 1.82) is 0 Å². The molecule has 1 saturated heterocycles. The number of phosphoric ester groups is 1. The molecular weight excluding hydrogens is 303 g/mol. The Balaban J connectivity index is 3.05. The zero-order valence-electron chi connectivity index (χ0n) is 9.93. The average Bonchev–Trinajstić information content (AvgIpc) is 2.30. The van der Waals surface area contributed by atoms with Crippen molar-refractivity contribution in [3.8, 4) is 0 Å². The second-order valence-corrected chi connectivity index (χ2v) is 5.44. The lowest BCUT2D eigenvalue weighted by molar-refractivity contribution is -0.307. The van der Waals surface area contributed by atoms with Gasteiger partial charge in [0.15, 0.2) is 0 Å². The lowest BCUT2D eigenvalue weighted by Gasteiger charge is -2.42. The highest BCUT2D eigenvalue weighted by molar-refractivity contribution is 7.46. The average molecular weight is 318 g/mol. The first-order chi connectivity index (χ1) is 9.00. The number of hydrogen-bond donors (Lipinski definition) is 7. The number of aliphatic hydroxyl groups excluding tert-OH is 3. The molecule has 1 rings (SSSR count). The Morgan fingerprint density at radius 2 is 2.05 bits per heavy atom. The molecule has 0 radical (unpaired) electrons. The topological polar surface area (TPSA) is 194 Å². The Kier molecular flexibility index (Phi) is 5.24. The predicted octanol–water partition coefficient (Wildman–Crippen LogP) is -3.26. The third-order valence-electron chi connectivity index (χ3n) is 2.70. The Labute approximate surface area is 112 Å². The Hall–Kier alpha value is -0.620. The number of hydrogen-bond acceptors (Lipinski definition) is 8. The van der Waals surface area contributed by atoms with Crippen molar-refractivity contribution >= 4 is 13.8 Å². The number of phosphoric acid groups is 1. The fraction of sp³-hybridized carbons (Fsp3) is 0.875. The molecule has 0 bridgehead atoms. The van der Waals surface area contributed by atoms with Crippen molar-refractivity contribution in [2.75, 3.05) is 6.61 Å². The van der Waals surface area contributed by atoms with Gasteiger partial charge in [0, 0.05) is 6.42 Å². The van der Waals surface area contributed by atoms with Crippen LogP contribution in [0, 0.1) is 0 Å². The quantitative estimate of drug-likeness (QED) is 0.251. The highest BCUT2D eigenvalue weighted by Gasteiger charge is 2.54. The van der Waals surface area contributed by atoms with Crippen LogP contribution in [-0.2, 0) is 18.6 Å². The molecule has 0 amide bonds. The molecule has 20 heavy (non-hydrogen) atoms. The van der Waals surface area contributed by atoms with E-state index >= 15 is 0 Å². The highest BCUT2D eigenvalue weighted by atomic mass is 31.2. The van der Waals surface area contributed by atoms with Gasteiger partial charge in [-0.2, -0.15) is 0 Å². The van der Waals surface area contributed by atoms with Gasteiger partial charge in [-0.1, -0.05) is 0 Å². The summed E-state index contributed by atoms with van der Waals surface area (Å²) in [5.41, 5.74) is 0. The zero-order chi connectivity index (χ0) is 15.7. The molecule has 0 saturated carbocycles. The first kappa shape index (κ1) is 17.4. The van der Waals surface area contributed by atoms with Crippen LogP contribution >= 0.6 is 7.82 Å². The van der Waals surface area contributed by atoms with Gasteiger partial charge in [-0.15, -0.1) is 0 Å². The minimum Gasteiger partial charge on any atom is -0.477 e. The normalized spacial score (nSPS) is 36.6. The van der Waals surface area contributed by atoms with E-state index in [1.54, 1.807) is 0 Å². The Morgan fingerprint density at radius 3 is 2.45 bits per heavy atom. The zero-order valence-corrected chi connectivity index (χ0v) is 10.8. The van der Waals surface area contributed by atoms with Crippen LogP contribution in [0.25, 0.3) is 0 Å². The summed E-state index contributed by atoms with van der Waals surface area (Å²) < 4.78 is 19.5. The molecule has 1 unspecified atom stereocenters. The van der Waals surface area contributed by atoms with Gasteiger partial charge < -0.3 is 40.1 Å². The molecule has 1 aliphatic heterocycles. The molecule has 1 aliphatic rings. The van der Waals surface area contributed by atoms with Gasteiger partial charge in [0.05, 0.1) is 6.61 Å². The van der Waals surface area contributed by atoms with E-state index in [1.165, 1.54) is 0 Å². The van der Waals surface area contributed by atoms with Crippen molar-refractivity contribution in [2.24, 2.45) is 0 Å². The molecule has 118 valence electrons. The van der Waals surface area contributed by atoms with Gasteiger partial charge in [-0.25, -0.2) is 9.36 Å². The molecule has 12 heteroatoms. The van der Waals surface area contributed by atoms with E-state index in [0.29, 0.717) is 0 Å². The van der Waals surface area contributed by atoms with Gasteiger partial charge in [-0.05, 0) is 0 Å². The van der Waals surface area contributed by atoms with Crippen LogP contribution in [0.15, 0.2) is 0 Å². The van der Waals surface area contributed by atoms with Gasteiger partial charge in [0.25, 0.3) is 5.79 Å². The fourth-order valence-electron chi connectivity index (χ4n) is 1.77. The van der Waals surface area contributed by atoms with Gasteiger partial charge in [0.1, 0.15) is 24.4 Å². The number of carboxylic acids is 1. The molecule has 11 nitrogen and oxygen atoms in total. The van der Waals surface area contributed by atoms with E-state index in [9.17, 15) is 24.7 Å². The van der Waals surface area contributed by atoms with Crippen LogP contribution in [-0.4, -0.2) is 78.1 Å². The summed E-state index contributed by atoms with van der Waals surface area (Å²) in [7, 11) is -5.09. The molecular formula is C8H15O11P. The summed E-state index contributed by atoms with van der Waals surface area (Å²) in [6.07, 6.45) is -8.28. The summed E-state index contributed by atoms with van der Waals surface area (Å²) in [6, 6.07) is 0. The fourth-order valence-corrected chi connectivity index (χ4v) is 2.32. The number of aliphatic carboxylic acids is 1. The van der Waals surface area contributed by atoms with Crippen LogP contribution < -0.4 is 0 Å². The number of carboxylic acid groups (broad SMARTS) is 1. The van der Waals surface area contributed by atoms with Crippen LogP contribution in [0.1, 0.15) is 6.42 Å². The summed E-state index contributed by atoms with van der Waals surface area (Å²) in [6.45, 7) is -0.944. The Morgan fingerprint density at radius 1 is 1.50 bits per heavy atom. The van der Waals surface area contributed by atoms with E-state index in [1.807, 2.05) is 0 Å². The largest absolute Gasteiger partial charge is 0.477 e. The molecule has 0 aromatic carbocycles. The summed E-state index contributed by atoms with van der Waals surface area (Å²) in [5, 5.41) is 46.4. The van der Waals surface area contributed by atoms with Gasteiger partial charge in [0.2, 0.25) is 0 Å². The standard InChI is InChI=1S/C8H15O11P/c9-2-3(10)6-5(11)4(19-20(15,16)17)1-8(14,18-6)7(12)13/h3-6,9-11,14H,1-2H2,(H,12,13)(H2,15,16,17)/t3?,4-,5-,6-,8-/m1/s1. The molecule has 5 atom stereocenters. The third-order valence-corrected chi connectivity index (χ3v) is 3.25. The highest BCUT2D eigenvalue weighted by Crippen LogP contribution is 2.43. The monoisotopic (exact) mass is 318 g/mol. The number of rotatable bonds is 5. The van der Waals surface area contributed by atoms with Crippen LogP contribution in [0.4, 0.5) is 0 Å². The molecule has 0 aromatic rings. The summed E-state index contributed by atoms with van der Waals surface area (Å²) in [4.78, 5) is 28.2. The van der Waals surface area contributed by atoms with Crippen molar-refractivity contribution in [3.63, 3.8) is 0 Å². The molecule has 0 aromatic heterocycles. The van der Waals surface area contributed by atoms with Crippen molar-refractivity contribution in [2.45, 2.75) is 36.6 Å². The molecule has 7 N–H and O–H groups in total. The second-order valence-electron chi connectivity index (χ2n) is 4.25. The summed E-state index contributed by atoms with van der Waals surface area (Å²) >= 11 is 0. The van der Waals surface area contributed by atoms with Crippen LogP contribution in [0.5, 0.6) is 0 Å². The van der Waals surface area contributed by atoms with Crippen molar-refractivity contribution in [3.05, 3.63) is 0 Å². The maximum absolute atomic E-state index is 10.9. The first-order valence-corrected chi connectivity index (χ1v) is 6.87. The smallest absolute Gasteiger partial charge is 0.469 e. The van der Waals surface area contributed by atoms with E-state index in [4.69, 9.17) is 20.0 Å². The molecule has 1 fully saturated rings. The number of ether oxygens (including phenoxy) is 1. The Bertz CT molecular complexity index is 407. The van der Waals surface area contributed by atoms with Crippen LogP contribution in [0.2, 0.25) is 0 Å². The summed E-state index contributed by atoms with van der Waals surface area (Å²) in [5.74, 6) is -4.83. The minimum atomic E-state index is -5.09. The second kappa shape index (κ2) is 6.02. The maximum Gasteiger partial charge on any atom is 0.469 e. The lowest BCUT2D eigenvalue weighted by atomic mass is 9.93. The maximum atomic E-state index is 10.9. The number of aliphatic hydroxyl groups is 4. The SMILES string of the molecule is O=C(O)[C@@]1(O)C[C@@H](OP(=O)(O)O)[C@@H](O)[C@@H](C(O)CO)O1. The third kappa shape index (κ3) is 3.95. The van der Waals surface area contributed by atoms with Crippen LogP contribution in [0.3, 0.4) is 0 Å². The number of carbonyl (C=O) groups is 1. The minimum absolute atomic E-state index is 0.944. The van der Waals surface area contributed by atoms with E-state index in [0.717, 1.165) is 0 Å². The van der Waals surface area contributed by atoms with Gasteiger partial charge >= 0.3 is 13.8 Å². The molecule has 0 aliphatic carbocycles. The van der Waals surface area contributed by atoms with Crippen molar-refractivity contribution < 1.29 is 53.9 Å². The molecule has 1 heterocycles. The van der Waals surface area contributed by atoms with E-state index in [-0.39, 0.29) is 0 Å². The first-order valence-electron chi connectivity index (χ1n) is 5.34. The van der Waals surface area contributed by atoms with E-state index in [2.05, 4.69) is 9.26 Å². The van der Waals surface area contributed by atoms with Crippen molar-refractivity contribution in [1.82, 2.24) is 0 Å².